The molecule has 1 saturated carbocycles. The van der Waals surface area contributed by atoms with Gasteiger partial charge in [0.2, 0.25) is 0 Å². The van der Waals surface area contributed by atoms with Crippen molar-refractivity contribution in [2.45, 2.75) is 63.4 Å². The molecular weight excluding hydrogens is 426 g/mol. The van der Waals surface area contributed by atoms with E-state index in [0.29, 0.717) is 19.3 Å². The van der Waals surface area contributed by atoms with Crippen LogP contribution in [0.15, 0.2) is 48.5 Å². The average Bonchev–Trinajstić information content (AvgIpc) is 3.25. The molecule has 1 aliphatic carbocycles. The monoisotopic (exact) mass is 461 g/mol. The summed E-state index contributed by atoms with van der Waals surface area (Å²) in [5.74, 6) is 1.52. The molecule has 0 amide bonds. The van der Waals surface area contributed by atoms with E-state index in [0.717, 1.165) is 49.4 Å². The summed E-state index contributed by atoms with van der Waals surface area (Å²) >= 11 is 0. The Morgan fingerprint density at radius 3 is 2.53 bits per heavy atom. The fourth-order valence-electron chi connectivity index (χ4n) is 4.81. The number of rotatable bonds is 9. The second-order valence-electron chi connectivity index (χ2n) is 8.71. The number of halogens is 1. The number of nitrogens with zero attached hydrogens (tertiary/aromatic N) is 1. The number of methoxy groups -OCH3 is 1. The van der Waals surface area contributed by atoms with Gasteiger partial charge in [0, 0.05) is 19.1 Å². The zero-order valence-corrected chi connectivity index (χ0v) is 19.8. The topological polar surface area (TPSA) is 51.2 Å². The van der Waals surface area contributed by atoms with E-state index in [4.69, 9.17) is 14.2 Å². The molecule has 2 aromatic carbocycles. The molecule has 1 heterocycles. The molecule has 3 atom stereocenters. The summed E-state index contributed by atoms with van der Waals surface area (Å²) in [5.41, 5.74) is 2.32. The molecule has 1 saturated heterocycles. The van der Waals surface area contributed by atoms with E-state index in [1.165, 1.54) is 24.8 Å². The maximum absolute atomic E-state index is 9.92. The minimum absolute atomic E-state index is 0. The highest BCUT2D eigenvalue weighted by atomic mass is 35.5. The number of hydrogen-bond donors (Lipinski definition) is 1. The molecule has 0 unspecified atom stereocenters. The van der Waals surface area contributed by atoms with Crippen LogP contribution in [-0.2, 0) is 17.8 Å². The molecular formula is C26H36ClNO4. The third-order valence-electron chi connectivity index (χ3n) is 6.52. The SMILES string of the molecule is COc1ccc(CCO[C@@H]2CCCC[C@H]2N2CC[C@@H](O)C2)cc1OCc1ccccc1.Cl. The lowest BCUT2D eigenvalue weighted by atomic mass is 9.91. The van der Waals surface area contributed by atoms with Gasteiger partial charge in [-0.05, 0) is 48.9 Å². The van der Waals surface area contributed by atoms with Gasteiger partial charge in [0.15, 0.2) is 11.5 Å². The third-order valence-corrected chi connectivity index (χ3v) is 6.52. The van der Waals surface area contributed by atoms with Gasteiger partial charge >= 0.3 is 0 Å². The molecule has 2 aliphatic rings. The highest BCUT2D eigenvalue weighted by Gasteiger charge is 2.34. The number of β-amino-alcohol motifs (C(OH)–C–C–N with tert-alkyl or cyclic N) is 1. The van der Waals surface area contributed by atoms with Crippen molar-refractivity contribution in [1.29, 1.82) is 0 Å². The number of likely N-dealkylation sites (tertiary alicyclic amines) is 1. The molecule has 0 aromatic heterocycles. The normalized spacial score (nSPS) is 23.5. The minimum atomic E-state index is -0.170. The Bertz CT molecular complexity index is 819. The molecule has 1 aliphatic heterocycles. The van der Waals surface area contributed by atoms with E-state index >= 15 is 0 Å². The summed E-state index contributed by atoms with van der Waals surface area (Å²) in [6.45, 7) is 3.00. The molecule has 0 bridgehead atoms. The Morgan fingerprint density at radius 2 is 1.78 bits per heavy atom. The van der Waals surface area contributed by atoms with Crippen molar-refractivity contribution in [3.63, 3.8) is 0 Å². The Kier molecular flexibility index (Phi) is 9.67. The molecule has 176 valence electrons. The molecule has 32 heavy (non-hydrogen) atoms. The highest BCUT2D eigenvalue weighted by molar-refractivity contribution is 5.85. The highest BCUT2D eigenvalue weighted by Crippen LogP contribution is 2.30. The number of ether oxygens (including phenoxy) is 3. The first-order valence-corrected chi connectivity index (χ1v) is 11.6. The number of hydrogen-bond acceptors (Lipinski definition) is 5. The van der Waals surface area contributed by atoms with Crippen LogP contribution in [0, 0.1) is 0 Å². The fourth-order valence-corrected chi connectivity index (χ4v) is 4.81. The van der Waals surface area contributed by atoms with E-state index in [9.17, 15) is 5.11 Å². The molecule has 2 aromatic rings. The van der Waals surface area contributed by atoms with Crippen molar-refractivity contribution in [2.24, 2.45) is 0 Å². The van der Waals surface area contributed by atoms with Gasteiger partial charge in [0.1, 0.15) is 6.61 Å². The van der Waals surface area contributed by atoms with Crippen LogP contribution < -0.4 is 9.47 Å². The molecule has 2 fully saturated rings. The Labute approximate surface area is 198 Å². The zero-order valence-electron chi connectivity index (χ0n) is 18.9. The maximum atomic E-state index is 9.92. The molecule has 6 heteroatoms. The first kappa shape index (κ1) is 24.8. The quantitative estimate of drug-likeness (QED) is 0.589. The van der Waals surface area contributed by atoms with E-state index in [2.05, 4.69) is 29.2 Å². The van der Waals surface area contributed by atoms with Crippen molar-refractivity contribution >= 4 is 12.4 Å². The molecule has 0 radical (unpaired) electrons. The predicted molar refractivity (Wildman–Crippen MR) is 129 cm³/mol. The van der Waals surface area contributed by atoms with E-state index in [1.807, 2.05) is 24.3 Å². The summed E-state index contributed by atoms with van der Waals surface area (Å²) in [5, 5.41) is 9.92. The van der Waals surface area contributed by atoms with Crippen LogP contribution >= 0.6 is 12.4 Å². The number of aliphatic hydroxyl groups is 1. The van der Waals surface area contributed by atoms with Gasteiger partial charge < -0.3 is 19.3 Å². The first-order chi connectivity index (χ1) is 15.2. The number of aliphatic hydroxyl groups excluding tert-OH is 1. The van der Waals surface area contributed by atoms with Gasteiger partial charge in [-0.3, -0.25) is 4.90 Å². The van der Waals surface area contributed by atoms with Crippen molar-refractivity contribution < 1.29 is 19.3 Å². The largest absolute Gasteiger partial charge is 0.493 e. The summed E-state index contributed by atoms with van der Waals surface area (Å²) < 4.78 is 17.9. The van der Waals surface area contributed by atoms with Crippen molar-refractivity contribution in [3.8, 4) is 11.5 Å². The molecule has 4 rings (SSSR count). The number of benzene rings is 2. The van der Waals surface area contributed by atoms with Crippen molar-refractivity contribution in [2.75, 3.05) is 26.8 Å². The van der Waals surface area contributed by atoms with Gasteiger partial charge in [-0.2, -0.15) is 0 Å². The van der Waals surface area contributed by atoms with Gasteiger partial charge in [-0.1, -0.05) is 49.2 Å². The molecule has 1 N–H and O–H groups in total. The summed E-state index contributed by atoms with van der Waals surface area (Å²) in [6.07, 6.45) is 6.62. The maximum Gasteiger partial charge on any atom is 0.161 e. The van der Waals surface area contributed by atoms with Crippen LogP contribution in [0.4, 0.5) is 0 Å². The lowest BCUT2D eigenvalue weighted by molar-refractivity contribution is -0.0316. The van der Waals surface area contributed by atoms with Crippen LogP contribution in [-0.4, -0.2) is 55.1 Å². The second kappa shape index (κ2) is 12.4. The Balaban J connectivity index is 0.00000289. The lowest BCUT2D eigenvalue weighted by Crippen LogP contribution is -2.46. The Hall–Kier alpha value is -1.79. The fraction of sp³-hybridized carbons (Fsp3) is 0.538. The molecule has 5 nitrogen and oxygen atoms in total. The second-order valence-corrected chi connectivity index (χ2v) is 8.71. The van der Waals surface area contributed by atoms with Crippen molar-refractivity contribution in [1.82, 2.24) is 4.90 Å². The third kappa shape index (κ3) is 6.61. The van der Waals surface area contributed by atoms with Crippen LogP contribution in [0.25, 0.3) is 0 Å². The van der Waals surface area contributed by atoms with E-state index in [-0.39, 0.29) is 24.6 Å². The van der Waals surface area contributed by atoms with Gasteiger partial charge in [0.05, 0.1) is 25.9 Å². The van der Waals surface area contributed by atoms with Crippen LogP contribution in [0.2, 0.25) is 0 Å². The zero-order chi connectivity index (χ0) is 21.5. The summed E-state index contributed by atoms with van der Waals surface area (Å²) in [6, 6.07) is 16.8. The summed E-state index contributed by atoms with van der Waals surface area (Å²) in [4.78, 5) is 2.44. The van der Waals surface area contributed by atoms with Gasteiger partial charge in [-0.25, -0.2) is 0 Å². The van der Waals surface area contributed by atoms with Gasteiger partial charge in [0.25, 0.3) is 0 Å². The van der Waals surface area contributed by atoms with E-state index in [1.54, 1.807) is 7.11 Å². The van der Waals surface area contributed by atoms with Crippen molar-refractivity contribution in [3.05, 3.63) is 59.7 Å². The average molecular weight is 462 g/mol. The lowest BCUT2D eigenvalue weighted by Gasteiger charge is -2.37. The standard InChI is InChI=1S/C26H35NO4.ClH/c1-29-25-12-11-20(17-26(25)31-19-21-7-3-2-4-8-21)14-16-30-24-10-6-5-9-23(24)27-15-13-22(28)18-27;/h2-4,7-8,11-12,17,22-24,28H,5-6,9-10,13-16,18-19H2,1H3;1H/t22-,23-,24-;/m1./s1. The predicted octanol–water partition coefficient (Wildman–Crippen LogP) is 4.63. The van der Waals surface area contributed by atoms with Crippen LogP contribution in [0.3, 0.4) is 0 Å². The van der Waals surface area contributed by atoms with E-state index < -0.39 is 0 Å². The van der Waals surface area contributed by atoms with Crippen LogP contribution in [0.1, 0.15) is 43.2 Å². The first-order valence-electron chi connectivity index (χ1n) is 11.6. The van der Waals surface area contributed by atoms with Gasteiger partial charge in [-0.15, -0.1) is 12.4 Å². The Morgan fingerprint density at radius 1 is 0.969 bits per heavy atom. The molecule has 0 spiro atoms. The minimum Gasteiger partial charge on any atom is -0.493 e. The smallest absolute Gasteiger partial charge is 0.161 e. The summed E-state index contributed by atoms with van der Waals surface area (Å²) in [7, 11) is 1.67. The van der Waals surface area contributed by atoms with Crippen LogP contribution in [0.5, 0.6) is 11.5 Å².